The highest BCUT2D eigenvalue weighted by atomic mass is 32.1. The maximum atomic E-state index is 11.9. The van der Waals surface area contributed by atoms with Crippen LogP contribution in [0.1, 0.15) is 5.82 Å². The SMILES string of the molecule is NCCOc1nc(C(F)(F)F)ns1. The largest absolute Gasteiger partial charge is 0.468 e. The Kier molecular flexibility index (Phi) is 3.04. The summed E-state index contributed by atoms with van der Waals surface area (Å²) in [6.45, 7) is 0.355. The van der Waals surface area contributed by atoms with E-state index in [9.17, 15) is 13.2 Å². The van der Waals surface area contributed by atoms with Crippen LogP contribution in [-0.2, 0) is 6.18 Å². The average Bonchev–Trinajstić information content (AvgIpc) is 2.47. The number of alkyl halides is 3. The molecule has 0 bridgehead atoms. The Morgan fingerprint density at radius 2 is 2.15 bits per heavy atom. The van der Waals surface area contributed by atoms with Gasteiger partial charge in [-0.15, -0.1) is 0 Å². The molecule has 0 radical (unpaired) electrons. The van der Waals surface area contributed by atoms with Gasteiger partial charge in [0.2, 0.25) is 0 Å². The van der Waals surface area contributed by atoms with E-state index < -0.39 is 12.0 Å². The van der Waals surface area contributed by atoms with Crippen molar-refractivity contribution in [3.63, 3.8) is 0 Å². The van der Waals surface area contributed by atoms with Crippen LogP contribution in [0.15, 0.2) is 0 Å². The van der Waals surface area contributed by atoms with E-state index in [-0.39, 0.29) is 18.3 Å². The molecule has 0 fully saturated rings. The average molecular weight is 213 g/mol. The van der Waals surface area contributed by atoms with Gasteiger partial charge in [0.1, 0.15) is 6.61 Å². The summed E-state index contributed by atoms with van der Waals surface area (Å²) in [5.74, 6) is -1.18. The summed E-state index contributed by atoms with van der Waals surface area (Å²) in [5, 5.41) is -0.113. The molecule has 0 saturated heterocycles. The first kappa shape index (κ1) is 10.2. The van der Waals surface area contributed by atoms with E-state index in [1.165, 1.54) is 0 Å². The summed E-state index contributed by atoms with van der Waals surface area (Å²) in [6, 6.07) is 0. The Hall–Kier alpha value is -0.890. The fourth-order valence-electron chi connectivity index (χ4n) is 0.530. The molecule has 4 nitrogen and oxygen atoms in total. The van der Waals surface area contributed by atoms with Crippen molar-refractivity contribution in [2.45, 2.75) is 6.18 Å². The zero-order chi connectivity index (χ0) is 9.90. The van der Waals surface area contributed by atoms with Crippen LogP contribution in [0.2, 0.25) is 0 Å². The zero-order valence-corrected chi connectivity index (χ0v) is 7.15. The van der Waals surface area contributed by atoms with Gasteiger partial charge in [-0.05, 0) is 0 Å². The quantitative estimate of drug-likeness (QED) is 0.810. The molecule has 74 valence electrons. The van der Waals surface area contributed by atoms with Crippen molar-refractivity contribution in [3.8, 4) is 5.19 Å². The molecule has 0 amide bonds. The second-order valence-corrected chi connectivity index (χ2v) is 2.73. The van der Waals surface area contributed by atoms with Crippen LogP contribution in [0.4, 0.5) is 13.2 Å². The number of hydrogen-bond donors (Lipinski definition) is 1. The topological polar surface area (TPSA) is 61.0 Å². The van der Waals surface area contributed by atoms with Crippen LogP contribution in [0.5, 0.6) is 5.19 Å². The van der Waals surface area contributed by atoms with Gasteiger partial charge < -0.3 is 10.5 Å². The molecule has 0 spiro atoms. The second kappa shape index (κ2) is 3.88. The summed E-state index contributed by atoms with van der Waals surface area (Å²) in [6.07, 6.45) is -4.51. The Morgan fingerprint density at radius 1 is 1.46 bits per heavy atom. The molecule has 1 aromatic rings. The highest BCUT2D eigenvalue weighted by Crippen LogP contribution is 2.29. The van der Waals surface area contributed by atoms with Crippen LogP contribution < -0.4 is 10.5 Å². The van der Waals surface area contributed by atoms with E-state index in [0.29, 0.717) is 11.5 Å². The lowest BCUT2D eigenvalue weighted by Crippen LogP contribution is -2.11. The van der Waals surface area contributed by atoms with Crippen LogP contribution >= 0.6 is 11.5 Å². The lowest BCUT2D eigenvalue weighted by molar-refractivity contribution is -0.144. The highest BCUT2D eigenvalue weighted by molar-refractivity contribution is 7.07. The third-order valence-corrected chi connectivity index (χ3v) is 1.63. The highest BCUT2D eigenvalue weighted by Gasteiger charge is 2.36. The van der Waals surface area contributed by atoms with E-state index in [2.05, 4.69) is 9.36 Å². The predicted octanol–water partition coefficient (Wildman–Crippen LogP) is 0.894. The minimum atomic E-state index is -4.51. The van der Waals surface area contributed by atoms with E-state index in [1.54, 1.807) is 0 Å². The molecule has 1 rings (SSSR count). The van der Waals surface area contributed by atoms with Crippen molar-refractivity contribution in [2.75, 3.05) is 13.2 Å². The fourth-order valence-corrected chi connectivity index (χ4v) is 1.10. The van der Waals surface area contributed by atoms with Gasteiger partial charge in [0.15, 0.2) is 0 Å². The maximum absolute atomic E-state index is 11.9. The predicted molar refractivity (Wildman–Crippen MR) is 39.5 cm³/mol. The first-order valence-electron chi connectivity index (χ1n) is 3.28. The Balaban J connectivity index is 2.64. The molecule has 0 atom stereocenters. The lowest BCUT2D eigenvalue weighted by Gasteiger charge is -1.98. The molecule has 0 aliphatic carbocycles. The minimum absolute atomic E-state index is 0.113. The lowest BCUT2D eigenvalue weighted by atomic mass is 10.6. The number of ether oxygens (including phenoxy) is 1. The van der Waals surface area contributed by atoms with Crippen molar-refractivity contribution in [2.24, 2.45) is 5.73 Å². The van der Waals surface area contributed by atoms with E-state index in [4.69, 9.17) is 10.5 Å². The number of aromatic nitrogens is 2. The van der Waals surface area contributed by atoms with E-state index >= 15 is 0 Å². The van der Waals surface area contributed by atoms with Gasteiger partial charge >= 0.3 is 6.18 Å². The molecule has 2 N–H and O–H groups in total. The van der Waals surface area contributed by atoms with Crippen LogP contribution in [0.3, 0.4) is 0 Å². The number of nitrogens with zero attached hydrogens (tertiary/aromatic N) is 2. The van der Waals surface area contributed by atoms with Crippen molar-refractivity contribution >= 4 is 11.5 Å². The standard InChI is InChI=1S/C5H6F3N3OS/c6-5(7,8)3-10-4(13-11-3)12-2-1-9/h1-2,9H2. The van der Waals surface area contributed by atoms with Gasteiger partial charge in [-0.3, -0.25) is 0 Å². The summed E-state index contributed by atoms with van der Waals surface area (Å²) in [4.78, 5) is 3.12. The molecule has 0 unspecified atom stereocenters. The van der Waals surface area contributed by atoms with Gasteiger partial charge in [0, 0.05) is 18.1 Å². The van der Waals surface area contributed by atoms with Gasteiger partial charge in [-0.1, -0.05) is 0 Å². The molecule has 0 aliphatic rings. The molecule has 13 heavy (non-hydrogen) atoms. The first-order valence-corrected chi connectivity index (χ1v) is 4.05. The summed E-state index contributed by atoms with van der Waals surface area (Å²) in [5.41, 5.74) is 5.08. The van der Waals surface area contributed by atoms with Crippen molar-refractivity contribution in [1.29, 1.82) is 0 Å². The maximum Gasteiger partial charge on any atom is 0.452 e. The number of halogens is 3. The smallest absolute Gasteiger partial charge is 0.452 e. The molecule has 0 saturated carbocycles. The molecular weight excluding hydrogens is 207 g/mol. The Labute approximate surface area is 75.7 Å². The summed E-state index contributed by atoms with van der Waals surface area (Å²) >= 11 is 0.557. The minimum Gasteiger partial charge on any atom is -0.468 e. The van der Waals surface area contributed by atoms with Gasteiger partial charge in [-0.2, -0.15) is 22.5 Å². The first-order chi connectivity index (χ1) is 6.04. The molecular formula is C5H6F3N3OS. The molecule has 1 heterocycles. The Morgan fingerprint density at radius 3 is 2.62 bits per heavy atom. The van der Waals surface area contributed by atoms with Gasteiger partial charge in [-0.25, -0.2) is 0 Å². The van der Waals surface area contributed by atoms with E-state index in [1.807, 2.05) is 0 Å². The summed E-state index contributed by atoms with van der Waals surface area (Å²) < 4.78 is 43.6. The van der Waals surface area contributed by atoms with Crippen LogP contribution in [0, 0.1) is 0 Å². The Bertz CT molecular complexity index is 274. The van der Waals surface area contributed by atoms with Crippen molar-refractivity contribution in [1.82, 2.24) is 9.36 Å². The zero-order valence-electron chi connectivity index (χ0n) is 6.34. The fraction of sp³-hybridized carbons (Fsp3) is 0.600. The third-order valence-electron chi connectivity index (χ3n) is 1.00. The normalized spacial score (nSPS) is 11.7. The monoisotopic (exact) mass is 213 g/mol. The molecule has 8 heteroatoms. The van der Waals surface area contributed by atoms with Gasteiger partial charge in [0.05, 0.1) is 0 Å². The number of nitrogens with two attached hydrogens (primary N) is 1. The van der Waals surface area contributed by atoms with Gasteiger partial charge in [0.25, 0.3) is 11.0 Å². The van der Waals surface area contributed by atoms with Crippen molar-refractivity contribution in [3.05, 3.63) is 5.82 Å². The molecule has 0 aliphatic heterocycles. The molecule has 0 aromatic carbocycles. The molecule has 1 aromatic heterocycles. The number of hydrogen-bond acceptors (Lipinski definition) is 5. The van der Waals surface area contributed by atoms with Crippen LogP contribution in [0.25, 0.3) is 0 Å². The van der Waals surface area contributed by atoms with Crippen LogP contribution in [-0.4, -0.2) is 22.5 Å². The third kappa shape index (κ3) is 2.81. The summed E-state index contributed by atoms with van der Waals surface area (Å²) in [7, 11) is 0. The van der Waals surface area contributed by atoms with E-state index in [0.717, 1.165) is 0 Å². The van der Waals surface area contributed by atoms with Crippen molar-refractivity contribution < 1.29 is 17.9 Å². The second-order valence-electron chi connectivity index (χ2n) is 2.02. The number of rotatable bonds is 3.